The van der Waals surface area contributed by atoms with Gasteiger partial charge in [0.25, 0.3) is 5.56 Å². The lowest BCUT2D eigenvalue weighted by molar-refractivity contribution is 0.193. The number of benzene rings is 2. The molecular weight excluding hydrogens is 502 g/mol. The standard InChI is InChI=1S/C31H29N7O2/c1-21-14-22(2)26-16-27(31(39)33-28(26)15-21)29(30-34-35-36-38(30)20-25-11-7-13-40-25)37(18-23-8-4-3-5-9-23)19-24-10-6-12-32-17-24/h3-17,29H,18-20H2,1-2H3,(H,33,39). The van der Waals surface area contributed by atoms with Crippen LogP contribution in [0.4, 0.5) is 0 Å². The summed E-state index contributed by atoms with van der Waals surface area (Å²) >= 11 is 0. The van der Waals surface area contributed by atoms with Crippen LogP contribution in [0.1, 0.15) is 45.4 Å². The van der Waals surface area contributed by atoms with Gasteiger partial charge in [0.1, 0.15) is 18.3 Å². The van der Waals surface area contributed by atoms with Crippen molar-refractivity contribution in [2.75, 3.05) is 0 Å². The van der Waals surface area contributed by atoms with Crippen molar-refractivity contribution in [3.05, 3.63) is 141 Å². The number of hydrogen-bond donors (Lipinski definition) is 1. The summed E-state index contributed by atoms with van der Waals surface area (Å²) in [7, 11) is 0. The predicted octanol–water partition coefficient (Wildman–Crippen LogP) is 4.96. The second kappa shape index (κ2) is 11.1. The van der Waals surface area contributed by atoms with E-state index in [2.05, 4.69) is 55.5 Å². The number of rotatable bonds is 9. The molecule has 0 aliphatic carbocycles. The summed E-state index contributed by atoms with van der Waals surface area (Å²) in [6.45, 7) is 5.50. The molecule has 9 heteroatoms. The molecule has 0 spiro atoms. The van der Waals surface area contributed by atoms with E-state index in [0.717, 1.165) is 33.2 Å². The normalized spacial score (nSPS) is 12.3. The van der Waals surface area contributed by atoms with Crippen molar-refractivity contribution in [2.45, 2.75) is 39.5 Å². The Morgan fingerprint density at radius 2 is 1.80 bits per heavy atom. The molecule has 9 nitrogen and oxygen atoms in total. The lowest BCUT2D eigenvalue weighted by atomic mass is 9.99. The van der Waals surface area contributed by atoms with Gasteiger partial charge in [-0.3, -0.25) is 14.7 Å². The maximum absolute atomic E-state index is 13.8. The molecule has 0 saturated heterocycles. The van der Waals surface area contributed by atoms with Crippen LogP contribution in [0.15, 0.2) is 101 Å². The van der Waals surface area contributed by atoms with Crippen LogP contribution in [-0.2, 0) is 19.6 Å². The third kappa shape index (κ3) is 5.32. The van der Waals surface area contributed by atoms with Gasteiger partial charge in [-0.15, -0.1) is 5.10 Å². The van der Waals surface area contributed by atoms with Crippen molar-refractivity contribution in [3.8, 4) is 0 Å². The molecule has 1 N–H and O–H groups in total. The summed E-state index contributed by atoms with van der Waals surface area (Å²) in [6.07, 6.45) is 5.23. The molecule has 200 valence electrons. The van der Waals surface area contributed by atoms with Crippen molar-refractivity contribution in [2.24, 2.45) is 0 Å². The quantitative estimate of drug-likeness (QED) is 0.281. The lowest BCUT2D eigenvalue weighted by Crippen LogP contribution is -2.35. The Labute approximate surface area is 231 Å². The number of hydrogen-bond acceptors (Lipinski definition) is 7. The molecule has 0 fully saturated rings. The SMILES string of the molecule is Cc1cc(C)c2cc(C(c3nnnn3Cc3ccco3)N(Cc3ccccc3)Cc3cccnc3)c(=O)[nH]c2c1. The smallest absolute Gasteiger partial charge is 0.253 e. The van der Waals surface area contributed by atoms with E-state index in [1.807, 2.05) is 67.7 Å². The summed E-state index contributed by atoms with van der Waals surface area (Å²) in [5.74, 6) is 1.26. The minimum Gasteiger partial charge on any atom is -0.467 e. The zero-order valence-electron chi connectivity index (χ0n) is 22.4. The Morgan fingerprint density at radius 1 is 0.975 bits per heavy atom. The fraction of sp³-hybridized carbons (Fsp3) is 0.194. The van der Waals surface area contributed by atoms with E-state index in [0.29, 0.717) is 36.8 Å². The van der Waals surface area contributed by atoms with E-state index < -0.39 is 6.04 Å². The molecule has 4 aromatic heterocycles. The first-order chi connectivity index (χ1) is 19.5. The Hall–Kier alpha value is -4.89. The van der Waals surface area contributed by atoms with Gasteiger partial charge in [-0.25, -0.2) is 4.68 Å². The number of nitrogens with zero attached hydrogens (tertiary/aromatic N) is 6. The highest BCUT2D eigenvalue weighted by Crippen LogP contribution is 2.31. The van der Waals surface area contributed by atoms with Gasteiger partial charge in [-0.05, 0) is 76.9 Å². The van der Waals surface area contributed by atoms with E-state index in [4.69, 9.17) is 4.42 Å². The molecule has 0 saturated carbocycles. The van der Waals surface area contributed by atoms with Gasteiger partial charge in [0.2, 0.25) is 0 Å². The first-order valence-corrected chi connectivity index (χ1v) is 13.1. The number of tetrazole rings is 1. The maximum atomic E-state index is 13.8. The first kappa shape index (κ1) is 25.4. The summed E-state index contributed by atoms with van der Waals surface area (Å²) < 4.78 is 7.31. The summed E-state index contributed by atoms with van der Waals surface area (Å²) in [5, 5.41) is 13.8. The van der Waals surface area contributed by atoms with E-state index in [1.165, 1.54) is 0 Å². The maximum Gasteiger partial charge on any atom is 0.253 e. The number of aromatic amines is 1. The number of furan rings is 1. The van der Waals surface area contributed by atoms with Gasteiger partial charge in [0.15, 0.2) is 5.82 Å². The van der Waals surface area contributed by atoms with Crippen LogP contribution in [0.5, 0.6) is 0 Å². The van der Waals surface area contributed by atoms with Crippen molar-refractivity contribution in [1.29, 1.82) is 0 Å². The van der Waals surface area contributed by atoms with Crippen molar-refractivity contribution in [1.82, 2.24) is 35.1 Å². The monoisotopic (exact) mass is 531 g/mol. The van der Waals surface area contributed by atoms with E-state index in [9.17, 15) is 4.79 Å². The number of H-pyrrole nitrogens is 1. The lowest BCUT2D eigenvalue weighted by Gasteiger charge is -2.31. The Bertz CT molecular complexity index is 1740. The molecule has 6 rings (SSSR count). The van der Waals surface area contributed by atoms with Gasteiger partial charge in [-0.2, -0.15) is 0 Å². The second-order valence-electron chi connectivity index (χ2n) is 10.0. The summed E-state index contributed by atoms with van der Waals surface area (Å²) in [6, 6.07) is 23.4. The molecule has 4 heterocycles. The largest absolute Gasteiger partial charge is 0.467 e. The van der Waals surface area contributed by atoms with Crippen molar-refractivity contribution in [3.63, 3.8) is 0 Å². The summed E-state index contributed by atoms with van der Waals surface area (Å²) in [5.41, 5.74) is 5.48. The number of aryl methyl sites for hydroxylation is 2. The zero-order valence-corrected chi connectivity index (χ0v) is 22.4. The Morgan fingerprint density at radius 3 is 2.58 bits per heavy atom. The predicted molar refractivity (Wildman–Crippen MR) is 151 cm³/mol. The molecule has 1 unspecified atom stereocenters. The van der Waals surface area contributed by atoms with Gasteiger partial charge in [-0.1, -0.05) is 42.5 Å². The van der Waals surface area contributed by atoms with Crippen LogP contribution in [0.25, 0.3) is 10.9 Å². The number of pyridine rings is 2. The third-order valence-electron chi connectivity index (χ3n) is 7.03. The molecule has 0 aliphatic heterocycles. The molecule has 0 radical (unpaired) electrons. The Balaban J connectivity index is 1.55. The minimum atomic E-state index is -0.570. The second-order valence-corrected chi connectivity index (χ2v) is 10.0. The van der Waals surface area contributed by atoms with E-state index >= 15 is 0 Å². The van der Waals surface area contributed by atoms with Gasteiger partial charge in [0.05, 0.1) is 6.26 Å². The van der Waals surface area contributed by atoms with Gasteiger partial charge < -0.3 is 9.40 Å². The molecule has 0 bridgehead atoms. The van der Waals surface area contributed by atoms with Crippen LogP contribution in [0.3, 0.4) is 0 Å². The number of nitrogens with one attached hydrogen (secondary N) is 1. The van der Waals surface area contributed by atoms with Crippen LogP contribution < -0.4 is 5.56 Å². The fourth-order valence-corrected chi connectivity index (χ4v) is 5.24. The average molecular weight is 532 g/mol. The molecular formula is C31H29N7O2. The Kier molecular flexibility index (Phi) is 7.03. The fourth-order valence-electron chi connectivity index (χ4n) is 5.24. The topological polar surface area (TPSA) is 106 Å². The molecule has 2 aromatic carbocycles. The van der Waals surface area contributed by atoms with Crippen molar-refractivity contribution >= 4 is 10.9 Å². The summed E-state index contributed by atoms with van der Waals surface area (Å²) in [4.78, 5) is 23.5. The zero-order chi connectivity index (χ0) is 27.5. The van der Waals surface area contributed by atoms with Crippen molar-refractivity contribution < 1.29 is 4.42 Å². The highest BCUT2D eigenvalue weighted by Gasteiger charge is 2.31. The van der Waals surface area contributed by atoms with Gasteiger partial charge in [0, 0.05) is 41.9 Å². The molecule has 6 aromatic rings. The number of aromatic nitrogens is 6. The highest BCUT2D eigenvalue weighted by atomic mass is 16.3. The van der Waals surface area contributed by atoms with E-state index in [1.54, 1.807) is 17.1 Å². The first-order valence-electron chi connectivity index (χ1n) is 13.1. The molecule has 0 aliphatic rings. The highest BCUT2D eigenvalue weighted by molar-refractivity contribution is 5.83. The van der Waals surface area contributed by atoms with E-state index in [-0.39, 0.29) is 5.56 Å². The molecule has 1 atom stereocenters. The van der Waals surface area contributed by atoms with Crippen LogP contribution in [0, 0.1) is 13.8 Å². The minimum absolute atomic E-state index is 0.181. The van der Waals surface area contributed by atoms with Crippen LogP contribution >= 0.6 is 0 Å². The number of fused-ring (bicyclic) bond motifs is 1. The third-order valence-corrected chi connectivity index (χ3v) is 7.03. The van der Waals surface area contributed by atoms with Crippen LogP contribution in [-0.4, -0.2) is 35.1 Å². The average Bonchev–Trinajstić information content (AvgIpc) is 3.63. The van der Waals surface area contributed by atoms with Crippen LogP contribution in [0.2, 0.25) is 0 Å². The molecule has 40 heavy (non-hydrogen) atoms. The molecule has 0 amide bonds. The van der Waals surface area contributed by atoms with Gasteiger partial charge >= 0.3 is 0 Å².